The molecule has 0 radical (unpaired) electrons. The molecule has 1 fully saturated rings. The van der Waals surface area contributed by atoms with Gasteiger partial charge in [0.25, 0.3) is 0 Å². The van der Waals surface area contributed by atoms with Crippen molar-refractivity contribution in [1.29, 1.82) is 0 Å². The van der Waals surface area contributed by atoms with E-state index in [0.717, 1.165) is 37.7 Å². The van der Waals surface area contributed by atoms with Crippen LogP contribution >= 0.6 is 0 Å². The van der Waals surface area contributed by atoms with Crippen molar-refractivity contribution in [2.24, 2.45) is 5.41 Å². The van der Waals surface area contributed by atoms with E-state index in [-0.39, 0.29) is 11.2 Å². The average Bonchev–Trinajstić information content (AvgIpc) is 2.95. The summed E-state index contributed by atoms with van der Waals surface area (Å²) >= 11 is 0. The van der Waals surface area contributed by atoms with Crippen LogP contribution in [0.3, 0.4) is 0 Å². The van der Waals surface area contributed by atoms with Crippen LogP contribution in [-0.4, -0.2) is 16.2 Å². The number of allylic oxidation sites excluding steroid dienone is 2. The first-order chi connectivity index (χ1) is 10.1. The molecule has 2 N–H and O–H groups in total. The van der Waals surface area contributed by atoms with E-state index in [9.17, 15) is 15.0 Å². The number of benzene rings is 1. The third kappa shape index (κ3) is 3.54. The lowest BCUT2D eigenvalue weighted by molar-refractivity contribution is -0.134. The highest BCUT2D eigenvalue weighted by Crippen LogP contribution is 2.46. The molecule has 3 nitrogen and oxygen atoms in total. The van der Waals surface area contributed by atoms with Crippen LogP contribution in [0.25, 0.3) is 6.08 Å². The number of hydrogen-bond donors (Lipinski definition) is 2. The zero-order valence-electron chi connectivity index (χ0n) is 12.4. The number of phenols is 1. The van der Waals surface area contributed by atoms with Gasteiger partial charge in [-0.25, -0.2) is 4.79 Å². The lowest BCUT2D eigenvalue weighted by Gasteiger charge is -2.28. The SMILES string of the molecule is CCC1(C(=CC=Cc2ccc(O)cc2)C(=O)O)CCCC1. The standard InChI is InChI=1S/C18H22O3/c1-2-18(12-3-4-13-18)16(17(20)21)7-5-6-14-8-10-15(19)11-9-14/h5-11,19H,2-4,12-13H2,1H3,(H,20,21). The number of aliphatic carboxylic acids is 1. The summed E-state index contributed by atoms with van der Waals surface area (Å²) in [6.07, 6.45) is 10.4. The third-order valence-corrected chi connectivity index (χ3v) is 4.48. The highest BCUT2D eigenvalue weighted by atomic mass is 16.4. The highest BCUT2D eigenvalue weighted by Gasteiger charge is 2.38. The van der Waals surface area contributed by atoms with Crippen LogP contribution in [0.4, 0.5) is 0 Å². The molecule has 3 heteroatoms. The van der Waals surface area contributed by atoms with E-state index in [0.29, 0.717) is 5.57 Å². The summed E-state index contributed by atoms with van der Waals surface area (Å²) in [7, 11) is 0. The topological polar surface area (TPSA) is 57.5 Å². The Morgan fingerprint density at radius 1 is 1.24 bits per heavy atom. The Labute approximate surface area is 125 Å². The largest absolute Gasteiger partial charge is 0.508 e. The summed E-state index contributed by atoms with van der Waals surface area (Å²) < 4.78 is 0. The molecule has 0 amide bonds. The van der Waals surface area contributed by atoms with Gasteiger partial charge in [-0.3, -0.25) is 0 Å². The summed E-state index contributed by atoms with van der Waals surface area (Å²) in [5.41, 5.74) is 1.30. The molecule has 2 rings (SSSR count). The summed E-state index contributed by atoms with van der Waals surface area (Å²) in [6, 6.07) is 6.83. The summed E-state index contributed by atoms with van der Waals surface area (Å²) in [4.78, 5) is 11.6. The molecule has 112 valence electrons. The van der Waals surface area contributed by atoms with Crippen molar-refractivity contribution in [1.82, 2.24) is 0 Å². The second kappa shape index (κ2) is 6.61. The fourth-order valence-electron chi connectivity index (χ4n) is 3.18. The molecule has 1 saturated carbocycles. The van der Waals surface area contributed by atoms with Gasteiger partial charge in [-0.15, -0.1) is 0 Å². The summed E-state index contributed by atoms with van der Waals surface area (Å²) in [5.74, 6) is -0.584. The van der Waals surface area contributed by atoms with E-state index in [1.54, 1.807) is 36.4 Å². The molecule has 0 saturated heterocycles. The fourth-order valence-corrected chi connectivity index (χ4v) is 3.18. The average molecular weight is 286 g/mol. The minimum atomic E-state index is -0.811. The molecule has 0 aliphatic heterocycles. The smallest absolute Gasteiger partial charge is 0.332 e. The number of hydrogen-bond acceptors (Lipinski definition) is 2. The van der Waals surface area contributed by atoms with E-state index in [1.165, 1.54) is 0 Å². The monoisotopic (exact) mass is 286 g/mol. The Hall–Kier alpha value is -2.03. The van der Waals surface area contributed by atoms with Gasteiger partial charge in [-0.05, 0) is 37.0 Å². The second-order valence-electron chi connectivity index (χ2n) is 5.68. The third-order valence-electron chi connectivity index (χ3n) is 4.48. The maximum atomic E-state index is 11.6. The van der Waals surface area contributed by atoms with Crippen molar-refractivity contribution in [2.45, 2.75) is 39.0 Å². The number of carboxylic acids is 1. The Morgan fingerprint density at radius 3 is 2.38 bits per heavy atom. The number of rotatable bonds is 5. The molecule has 0 atom stereocenters. The van der Waals surface area contributed by atoms with E-state index in [2.05, 4.69) is 6.92 Å². The number of phenolic OH excluding ortho intramolecular Hbond substituents is 1. The van der Waals surface area contributed by atoms with Crippen LogP contribution in [0, 0.1) is 5.41 Å². The molecule has 1 aliphatic carbocycles. The molecular formula is C18H22O3. The lowest BCUT2D eigenvalue weighted by Crippen LogP contribution is -2.24. The highest BCUT2D eigenvalue weighted by molar-refractivity contribution is 5.89. The van der Waals surface area contributed by atoms with Crippen LogP contribution < -0.4 is 0 Å². The van der Waals surface area contributed by atoms with Crippen molar-refractivity contribution in [2.75, 3.05) is 0 Å². The molecule has 1 aromatic rings. The van der Waals surface area contributed by atoms with Crippen LogP contribution in [0.15, 0.2) is 42.0 Å². The predicted molar refractivity (Wildman–Crippen MR) is 84.1 cm³/mol. The Bertz CT molecular complexity index is 546. The van der Waals surface area contributed by atoms with Crippen molar-refractivity contribution in [3.63, 3.8) is 0 Å². The van der Waals surface area contributed by atoms with Gasteiger partial charge >= 0.3 is 5.97 Å². The molecule has 0 aromatic heterocycles. The molecule has 1 aliphatic rings. The van der Waals surface area contributed by atoms with Gasteiger partial charge in [0.1, 0.15) is 5.75 Å². The molecule has 0 bridgehead atoms. The molecule has 0 unspecified atom stereocenters. The Morgan fingerprint density at radius 2 is 1.86 bits per heavy atom. The van der Waals surface area contributed by atoms with Crippen LogP contribution in [0.5, 0.6) is 5.75 Å². The fraction of sp³-hybridized carbons (Fsp3) is 0.389. The van der Waals surface area contributed by atoms with E-state index < -0.39 is 5.97 Å². The Balaban J connectivity index is 2.22. The van der Waals surface area contributed by atoms with Crippen molar-refractivity contribution in [3.05, 3.63) is 47.6 Å². The first-order valence-corrected chi connectivity index (χ1v) is 7.48. The van der Waals surface area contributed by atoms with Gasteiger partial charge < -0.3 is 10.2 Å². The normalized spacial score (nSPS) is 18.2. The van der Waals surface area contributed by atoms with Crippen molar-refractivity contribution >= 4 is 12.0 Å². The zero-order chi connectivity index (χ0) is 15.3. The maximum absolute atomic E-state index is 11.6. The van der Waals surface area contributed by atoms with Gasteiger partial charge in [-0.2, -0.15) is 0 Å². The van der Waals surface area contributed by atoms with E-state index in [1.807, 2.05) is 6.08 Å². The molecule has 1 aromatic carbocycles. The maximum Gasteiger partial charge on any atom is 0.332 e. The van der Waals surface area contributed by atoms with Crippen LogP contribution in [-0.2, 0) is 4.79 Å². The quantitative estimate of drug-likeness (QED) is 0.623. The number of carbonyl (C=O) groups is 1. The van der Waals surface area contributed by atoms with Gasteiger partial charge in [0, 0.05) is 11.0 Å². The van der Waals surface area contributed by atoms with Gasteiger partial charge in [0.05, 0.1) is 0 Å². The van der Waals surface area contributed by atoms with Gasteiger partial charge in [-0.1, -0.05) is 50.1 Å². The Kier molecular flexibility index (Phi) is 4.84. The lowest BCUT2D eigenvalue weighted by atomic mass is 9.76. The zero-order valence-corrected chi connectivity index (χ0v) is 12.4. The second-order valence-corrected chi connectivity index (χ2v) is 5.68. The van der Waals surface area contributed by atoms with Crippen molar-refractivity contribution in [3.8, 4) is 5.75 Å². The van der Waals surface area contributed by atoms with Gasteiger partial charge in [0.15, 0.2) is 0 Å². The molecule has 0 heterocycles. The van der Waals surface area contributed by atoms with E-state index in [4.69, 9.17) is 0 Å². The first-order valence-electron chi connectivity index (χ1n) is 7.48. The number of carboxylic acid groups (broad SMARTS) is 1. The molecular weight excluding hydrogens is 264 g/mol. The molecule has 21 heavy (non-hydrogen) atoms. The number of aromatic hydroxyl groups is 1. The minimum absolute atomic E-state index is 0.162. The predicted octanol–water partition coefficient (Wildman–Crippen LogP) is 4.39. The van der Waals surface area contributed by atoms with Crippen LogP contribution in [0.1, 0.15) is 44.6 Å². The molecule has 0 spiro atoms. The van der Waals surface area contributed by atoms with Gasteiger partial charge in [0.2, 0.25) is 0 Å². The van der Waals surface area contributed by atoms with Crippen LogP contribution in [0.2, 0.25) is 0 Å². The van der Waals surface area contributed by atoms with Crippen molar-refractivity contribution < 1.29 is 15.0 Å². The first kappa shape index (κ1) is 15.4. The summed E-state index contributed by atoms with van der Waals surface area (Å²) in [5, 5.41) is 18.8. The minimum Gasteiger partial charge on any atom is -0.508 e. The van der Waals surface area contributed by atoms with E-state index >= 15 is 0 Å². The summed E-state index contributed by atoms with van der Waals surface area (Å²) in [6.45, 7) is 2.08.